The molecular formula is C11H17ClN2O5S. The van der Waals surface area contributed by atoms with Crippen LogP contribution in [0.15, 0.2) is 21.6 Å². The van der Waals surface area contributed by atoms with E-state index in [0.717, 1.165) is 0 Å². The standard InChI is InChI=1S/C11H16N2O5S.ClH/c1-2-17-11(14)9-3-4-10(18-9)19(15,16)13-7-5-12-6-8-13;/h3-4,12H,2,5-8H2,1H3;1H. The first-order valence-electron chi connectivity index (χ1n) is 6.03. The average Bonchev–Trinajstić information content (AvgIpc) is 2.90. The van der Waals surface area contributed by atoms with Gasteiger partial charge in [-0.15, -0.1) is 12.4 Å². The van der Waals surface area contributed by atoms with Gasteiger partial charge in [0.1, 0.15) is 0 Å². The van der Waals surface area contributed by atoms with Crippen LogP contribution in [-0.2, 0) is 14.8 Å². The quantitative estimate of drug-likeness (QED) is 0.810. The van der Waals surface area contributed by atoms with Crippen molar-refractivity contribution in [1.82, 2.24) is 9.62 Å². The van der Waals surface area contributed by atoms with Gasteiger partial charge in [0, 0.05) is 26.2 Å². The van der Waals surface area contributed by atoms with E-state index in [1.165, 1.54) is 16.4 Å². The molecule has 1 aromatic heterocycles. The van der Waals surface area contributed by atoms with Gasteiger partial charge in [-0.25, -0.2) is 13.2 Å². The van der Waals surface area contributed by atoms with Crippen molar-refractivity contribution in [3.8, 4) is 0 Å². The Balaban J connectivity index is 0.00000200. The van der Waals surface area contributed by atoms with Crippen LogP contribution in [0.5, 0.6) is 0 Å². The molecule has 1 N–H and O–H groups in total. The molecule has 1 aromatic rings. The van der Waals surface area contributed by atoms with Crippen LogP contribution in [0.4, 0.5) is 0 Å². The van der Waals surface area contributed by atoms with E-state index in [0.29, 0.717) is 26.2 Å². The lowest BCUT2D eigenvalue weighted by atomic mass is 10.4. The molecule has 1 aliphatic heterocycles. The summed E-state index contributed by atoms with van der Waals surface area (Å²) in [5.74, 6) is -0.764. The summed E-state index contributed by atoms with van der Waals surface area (Å²) in [5, 5.41) is 2.84. The summed E-state index contributed by atoms with van der Waals surface area (Å²) in [6.45, 7) is 3.85. The predicted molar refractivity (Wildman–Crippen MR) is 73.5 cm³/mol. The summed E-state index contributed by atoms with van der Waals surface area (Å²) >= 11 is 0. The number of ether oxygens (including phenoxy) is 1. The molecule has 0 amide bonds. The van der Waals surface area contributed by atoms with Crippen molar-refractivity contribution < 1.29 is 22.4 Å². The second kappa shape index (κ2) is 7.07. The van der Waals surface area contributed by atoms with Crippen LogP contribution in [-0.4, -0.2) is 51.5 Å². The van der Waals surface area contributed by atoms with Gasteiger partial charge in [-0.05, 0) is 19.1 Å². The van der Waals surface area contributed by atoms with Crippen molar-refractivity contribution in [2.75, 3.05) is 32.8 Å². The van der Waals surface area contributed by atoms with Gasteiger partial charge < -0.3 is 14.5 Å². The first-order chi connectivity index (χ1) is 9.05. The highest BCUT2D eigenvalue weighted by Gasteiger charge is 2.29. The Kier molecular flexibility index (Phi) is 6.00. The van der Waals surface area contributed by atoms with E-state index in [1.807, 2.05) is 0 Å². The zero-order chi connectivity index (χ0) is 13.9. The third-order valence-corrected chi connectivity index (χ3v) is 4.50. The smallest absolute Gasteiger partial charge is 0.374 e. The fourth-order valence-electron chi connectivity index (χ4n) is 1.78. The first-order valence-corrected chi connectivity index (χ1v) is 7.47. The van der Waals surface area contributed by atoms with Crippen LogP contribution < -0.4 is 5.32 Å². The number of halogens is 1. The Morgan fingerprint density at radius 2 is 2.05 bits per heavy atom. The van der Waals surface area contributed by atoms with Gasteiger partial charge in [-0.3, -0.25) is 0 Å². The van der Waals surface area contributed by atoms with Crippen LogP contribution >= 0.6 is 12.4 Å². The van der Waals surface area contributed by atoms with E-state index >= 15 is 0 Å². The van der Waals surface area contributed by atoms with Gasteiger partial charge in [0.15, 0.2) is 0 Å². The molecule has 2 rings (SSSR count). The van der Waals surface area contributed by atoms with E-state index in [1.54, 1.807) is 6.92 Å². The third-order valence-electron chi connectivity index (χ3n) is 2.73. The molecule has 1 saturated heterocycles. The SMILES string of the molecule is CCOC(=O)c1ccc(S(=O)(=O)N2CCNCC2)o1.Cl. The minimum absolute atomic E-state index is 0. The Hall–Kier alpha value is -1.09. The number of piperazine rings is 1. The van der Waals surface area contributed by atoms with Crippen molar-refractivity contribution in [1.29, 1.82) is 0 Å². The van der Waals surface area contributed by atoms with Crippen molar-refractivity contribution in [2.45, 2.75) is 12.0 Å². The number of nitrogens with one attached hydrogen (secondary N) is 1. The van der Waals surface area contributed by atoms with Crippen LogP contribution in [0.3, 0.4) is 0 Å². The van der Waals surface area contributed by atoms with Crippen LogP contribution in [0, 0.1) is 0 Å². The molecule has 0 spiro atoms. The average molecular weight is 325 g/mol. The second-order valence-electron chi connectivity index (χ2n) is 3.99. The Morgan fingerprint density at radius 3 is 2.65 bits per heavy atom. The van der Waals surface area contributed by atoms with Gasteiger partial charge in [0.25, 0.3) is 10.0 Å². The molecule has 0 aliphatic carbocycles. The first kappa shape index (κ1) is 17.0. The summed E-state index contributed by atoms with van der Waals surface area (Å²) in [7, 11) is -3.67. The van der Waals surface area contributed by atoms with Crippen LogP contribution in [0.25, 0.3) is 0 Å². The summed E-state index contributed by atoms with van der Waals surface area (Å²) in [6.07, 6.45) is 0. The zero-order valence-corrected chi connectivity index (χ0v) is 12.6. The summed E-state index contributed by atoms with van der Waals surface area (Å²) in [5.41, 5.74) is 0. The van der Waals surface area contributed by atoms with Crippen molar-refractivity contribution >= 4 is 28.4 Å². The number of sulfonamides is 1. The fourth-order valence-corrected chi connectivity index (χ4v) is 3.14. The van der Waals surface area contributed by atoms with Gasteiger partial charge in [-0.1, -0.05) is 0 Å². The molecule has 2 heterocycles. The maximum absolute atomic E-state index is 12.2. The highest BCUT2D eigenvalue weighted by Crippen LogP contribution is 2.19. The highest BCUT2D eigenvalue weighted by atomic mass is 35.5. The van der Waals surface area contributed by atoms with Gasteiger partial charge in [-0.2, -0.15) is 4.31 Å². The molecule has 7 nitrogen and oxygen atoms in total. The van der Waals surface area contributed by atoms with E-state index in [9.17, 15) is 13.2 Å². The van der Waals surface area contributed by atoms with E-state index < -0.39 is 16.0 Å². The monoisotopic (exact) mass is 324 g/mol. The number of hydrogen-bond acceptors (Lipinski definition) is 6. The molecule has 0 unspecified atom stereocenters. The highest BCUT2D eigenvalue weighted by molar-refractivity contribution is 7.89. The molecule has 9 heteroatoms. The van der Waals surface area contributed by atoms with Gasteiger partial charge >= 0.3 is 5.97 Å². The number of carbonyl (C=O) groups is 1. The Labute approximate surface area is 123 Å². The fraction of sp³-hybridized carbons (Fsp3) is 0.545. The van der Waals surface area contributed by atoms with E-state index in [2.05, 4.69) is 5.32 Å². The minimum atomic E-state index is -3.67. The van der Waals surface area contributed by atoms with Crippen molar-refractivity contribution in [3.05, 3.63) is 17.9 Å². The molecular weight excluding hydrogens is 308 g/mol. The number of rotatable bonds is 4. The number of carbonyl (C=O) groups excluding carboxylic acids is 1. The van der Waals surface area contributed by atoms with Crippen molar-refractivity contribution in [3.63, 3.8) is 0 Å². The van der Waals surface area contributed by atoms with Gasteiger partial charge in [0.05, 0.1) is 6.61 Å². The number of furan rings is 1. The summed E-state index contributed by atoms with van der Waals surface area (Å²) < 4.78 is 35.6. The molecule has 114 valence electrons. The molecule has 0 radical (unpaired) electrons. The number of hydrogen-bond donors (Lipinski definition) is 1. The molecule has 0 saturated carbocycles. The van der Waals surface area contributed by atoms with E-state index in [-0.39, 0.29) is 29.9 Å². The van der Waals surface area contributed by atoms with Crippen LogP contribution in [0.1, 0.15) is 17.5 Å². The van der Waals surface area contributed by atoms with Crippen LogP contribution in [0.2, 0.25) is 0 Å². The van der Waals surface area contributed by atoms with Crippen molar-refractivity contribution in [2.24, 2.45) is 0 Å². The van der Waals surface area contributed by atoms with E-state index in [4.69, 9.17) is 9.15 Å². The topological polar surface area (TPSA) is 88.9 Å². The largest absolute Gasteiger partial charge is 0.460 e. The summed E-state index contributed by atoms with van der Waals surface area (Å²) in [6, 6.07) is 2.59. The lowest BCUT2D eigenvalue weighted by Gasteiger charge is -2.25. The lowest BCUT2D eigenvalue weighted by Crippen LogP contribution is -2.46. The molecule has 20 heavy (non-hydrogen) atoms. The molecule has 0 bridgehead atoms. The Bertz CT molecular complexity index is 551. The molecule has 0 aromatic carbocycles. The normalized spacial score (nSPS) is 16.4. The number of nitrogens with zero attached hydrogens (tertiary/aromatic N) is 1. The minimum Gasteiger partial charge on any atom is -0.460 e. The lowest BCUT2D eigenvalue weighted by molar-refractivity contribution is 0.0483. The van der Waals surface area contributed by atoms with Gasteiger partial charge in [0.2, 0.25) is 10.9 Å². The molecule has 1 aliphatic rings. The maximum atomic E-state index is 12.2. The molecule has 0 atom stereocenters. The number of esters is 1. The predicted octanol–water partition coefficient (Wildman–Crippen LogP) is 0.472. The third kappa shape index (κ3) is 3.51. The second-order valence-corrected chi connectivity index (χ2v) is 5.86. The molecule has 1 fully saturated rings. The maximum Gasteiger partial charge on any atom is 0.374 e. The summed E-state index contributed by atoms with van der Waals surface area (Å²) in [4.78, 5) is 11.4. The zero-order valence-electron chi connectivity index (χ0n) is 11.0. The Morgan fingerprint density at radius 1 is 1.40 bits per heavy atom.